The summed E-state index contributed by atoms with van der Waals surface area (Å²) in [5, 5.41) is 9.23. The van der Waals surface area contributed by atoms with Crippen molar-refractivity contribution in [3.8, 4) is 5.75 Å². The number of thiophene rings is 1. The molecule has 2 aromatic heterocycles. The van der Waals surface area contributed by atoms with E-state index in [-0.39, 0.29) is 5.91 Å². The molecule has 6 heteroatoms. The van der Waals surface area contributed by atoms with Gasteiger partial charge in [0.25, 0.3) is 5.91 Å². The third kappa shape index (κ3) is 5.22. The number of benzene rings is 2. The van der Waals surface area contributed by atoms with E-state index in [1.165, 1.54) is 28.0 Å². The van der Waals surface area contributed by atoms with Gasteiger partial charge in [-0.1, -0.05) is 42.0 Å². The van der Waals surface area contributed by atoms with Gasteiger partial charge in [0.2, 0.25) is 0 Å². The van der Waals surface area contributed by atoms with Crippen LogP contribution in [0, 0.1) is 20.8 Å². The molecule has 4 aromatic rings. The number of amides is 1. The number of hydrogen-bond acceptors (Lipinski definition) is 4. The second kappa shape index (κ2) is 9.18. The molecule has 2 aromatic carbocycles. The number of nitrogens with one attached hydrogen (secondary N) is 1. The Balaban J connectivity index is 1.34. The summed E-state index contributed by atoms with van der Waals surface area (Å²) in [5.74, 6) is 0.732. The maximum atomic E-state index is 12.6. The minimum absolute atomic E-state index is 0.141. The Morgan fingerprint density at radius 2 is 1.90 bits per heavy atom. The first-order chi connectivity index (χ1) is 15.0. The minimum Gasteiger partial charge on any atom is -0.489 e. The lowest BCUT2D eigenvalue weighted by atomic mass is 10.1. The van der Waals surface area contributed by atoms with Gasteiger partial charge >= 0.3 is 0 Å². The van der Waals surface area contributed by atoms with Crippen LogP contribution in [-0.2, 0) is 13.2 Å². The van der Waals surface area contributed by atoms with Gasteiger partial charge in [-0.15, -0.1) is 11.3 Å². The van der Waals surface area contributed by atoms with Crippen LogP contribution in [0.5, 0.6) is 5.75 Å². The molecule has 0 saturated carbocycles. The monoisotopic (exact) mass is 431 g/mol. The van der Waals surface area contributed by atoms with Crippen molar-refractivity contribution in [3.05, 3.63) is 99.0 Å². The van der Waals surface area contributed by atoms with Crippen LogP contribution in [-0.4, -0.2) is 15.7 Å². The summed E-state index contributed by atoms with van der Waals surface area (Å²) in [7, 11) is 0. The number of rotatable bonds is 7. The van der Waals surface area contributed by atoms with E-state index in [1.807, 2.05) is 34.5 Å². The van der Waals surface area contributed by atoms with Crippen molar-refractivity contribution in [3.63, 3.8) is 0 Å². The topological polar surface area (TPSA) is 56.2 Å². The van der Waals surface area contributed by atoms with E-state index in [2.05, 4.69) is 61.5 Å². The zero-order valence-corrected chi connectivity index (χ0v) is 18.7. The van der Waals surface area contributed by atoms with Gasteiger partial charge in [-0.05, 0) is 55.0 Å². The van der Waals surface area contributed by atoms with Crippen LogP contribution in [0.2, 0.25) is 0 Å². The number of carbonyl (C=O) groups excluding carboxylic acids is 1. The number of aromatic nitrogens is 2. The molecule has 5 nitrogen and oxygen atoms in total. The standard InChI is InChI=1S/C25H25N3O2S/c1-17-7-9-20(10-8-17)13-28-14-22(12-26-28)27-25(29)24-11-21(16-31-24)15-30-23-6-4-5-18(2)19(23)3/h4-12,14,16H,13,15H2,1-3H3,(H,27,29). The number of anilines is 1. The largest absolute Gasteiger partial charge is 0.489 e. The van der Waals surface area contributed by atoms with Gasteiger partial charge in [-0.25, -0.2) is 0 Å². The molecule has 2 heterocycles. The van der Waals surface area contributed by atoms with Gasteiger partial charge in [-0.3, -0.25) is 9.48 Å². The summed E-state index contributed by atoms with van der Waals surface area (Å²) in [4.78, 5) is 13.3. The Kier molecular flexibility index (Phi) is 6.18. The molecular formula is C25H25N3O2S. The lowest BCUT2D eigenvalue weighted by Gasteiger charge is -2.09. The van der Waals surface area contributed by atoms with E-state index >= 15 is 0 Å². The summed E-state index contributed by atoms with van der Waals surface area (Å²) < 4.78 is 7.76. The Morgan fingerprint density at radius 1 is 1.10 bits per heavy atom. The number of carbonyl (C=O) groups is 1. The summed E-state index contributed by atoms with van der Waals surface area (Å²) >= 11 is 1.41. The van der Waals surface area contributed by atoms with Gasteiger partial charge in [0.1, 0.15) is 12.4 Å². The molecular weight excluding hydrogens is 406 g/mol. The number of hydrogen-bond donors (Lipinski definition) is 1. The summed E-state index contributed by atoms with van der Waals surface area (Å²) in [6.45, 7) is 7.28. The molecule has 0 aliphatic heterocycles. The lowest BCUT2D eigenvalue weighted by molar-refractivity contribution is 0.103. The highest BCUT2D eigenvalue weighted by Gasteiger charge is 2.12. The summed E-state index contributed by atoms with van der Waals surface area (Å²) in [6, 6.07) is 16.2. The lowest BCUT2D eigenvalue weighted by Crippen LogP contribution is -2.09. The van der Waals surface area contributed by atoms with Crippen LogP contribution in [0.4, 0.5) is 5.69 Å². The van der Waals surface area contributed by atoms with E-state index in [0.29, 0.717) is 23.7 Å². The first-order valence-electron chi connectivity index (χ1n) is 10.1. The summed E-state index contributed by atoms with van der Waals surface area (Å²) in [5.41, 5.74) is 6.39. The Hall–Kier alpha value is -3.38. The third-order valence-corrected chi connectivity index (χ3v) is 6.16. The number of aryl methyl sites for hydroxylation is 2. The van der Waals surface area contributed by atoms with Crippen LogP contribution < -0.4 is 10.1 Å². The normalized spacial score (nSPS) is 10.8. The number of ether oxygens (including phenoxy) is 1. The molecule has 0 radical (unpaired) electrons. The SMILES string of the molecule is Cc1ccc(Cn2cc(NC(=O)c3cc(COc4cccc(C)c4C)cs3)cn2)cc1. The molecule has 0 aliphatic carbocycles. The van der Waals surface area contributed by atoms with E-state index in [4.69, 9.17) is 4.74 Å². The predicted octanol–water partition coefficient (Wildman–Crippen LogP) is 5.75. The van der Waals surface area contributed by atoms with Gasteiger partial charge in [0, 0.05) is 11.8 Å². The quantitative estimate of drug-likeness (QED) is 0.405. The van der Waals surface area contributed by atoms with Crippen molar-refractivity contribution in [1.82, 2.24) is 9.78 Å². The molecule has 4 rings (SSSR count). The van der Waals surface area contributed by atoms with E-state index in [0.717, 1.165) is 16.9 Å². The zero-order valence-electron chi connectivity index (χ0n) is 17.9. The van der Waals surface area contributed by atoms with Crippen LogP contribution in [0.3, 0.4) is 0 Å². The molecule has 0 atom stereocenters. The van der Waals surface area contributed by atoms with Gasteiger partial charge < -0.3 is 10.1 Å². The molecule has 1 amide bonds. The van der Waals surface area contributed by atoms with Crippen LogP contribution in [0.1, 0.15) is 37.5 Å². The first-order valence-corrected chi connectivity index (χ1v) is 11.0. The smallest absolute Gasteiger partial charge is 0.265 e. The van der Waals surface area contributed by atoms with Gasteiger partial charge in [0.05, 0.1) is 23.3 Å². The maximum absolute atomic E-state index is 12.6. The fourth-order valence-corrected chi connectivity index (χ4v) is 3.99. The molecule has 0 spiro atoms. The highest BCUT2D eigenvalue weighted by atomic mass is 32.1. The van der Waals surface area contributed by atoms with Crippen molar-refractivity contribution in [2.75, 3.05) is 5.32 Å². The minimum atomic E-state index is -0.141. The molecule has 31 heavy (non-hydrogen) atoms. The Labute approximate surface area is 186 Å². The van der Waals surface area contributed by atoms with Gasteiger partial charge in [0.15, 0.2) is 0 Å². The van der Waals surface area contributed by atoms with Crippen LogP contribution in [0.15, 0.2) is 66.3 Å². The molecule has 0 saturated heterocycles. The fraction of sp³-hybridized carbons (Fsp3) is 0.200. The van der Waals surface area contributed by atoms with Crippen molar-refractivity contribution >= 4 is 22.9 Å². The van der Waals surface area contributed by atoms with Crippen molar-refractivity contribution in [2.24, 2.45) is 0 Å². The third-order valence-electron chi connectivity index (χ3n) is 5.18. The summed E-state index contributed by atoms with van der Waals surface area (Å²) in [6.07, 6.45) is 3.51. The fourth-order valence-electron chi connectivity index (χ4n) is 3.20. The average Bonchev–Trinajstić information content (AvgIpc) is 3.40. The van der Waals surface area contributed by atoms with E-state index < -0.39 is 0 Å². The van der Waals surface area contributed by atoms with Crippen LogP contribution in [0.25, 0.3) is 0 Å². The average molecular weight is 432 g/mol. The molecule has 0 fully saturated rings. The molecule has 0 bridgehead atoms. The van der Waals surface area contributed by atoms with E-state index in [1.54, 1.807) is 6.20 Å². The maximum Gasteiger partial charge on any atom is 0.265 e. The van der Waals surface area contributed by atoms with E-state index in [9.17, 15) is 4.79 Å². The molecule has 0 aliphatic rings. The Morgan fingerprint density at radius 3 is 2.71 bits per heavy atom. The highest BCUT2D eigenvalue weighted by molar-refractivity contribution is 7.12. The second-order valence-electron chi connectivity index (χ2n) is 7.67. The first kappa shape index (κ1) is 20.9. The van der Waals surface area contributed by atoms with Crippen LogP contribution >= 0.6 is 11.3 Å². The van der Waals surface area contributed by atoms with Crippen molar-refractivity contribution in [1.29, 1.82) is 0 Å². The number of nitrogens with zero attached hydrogens (tertiary/aromatic N) is 2. The van der Waals surface area contributed by atoms with Crippen molar-refractivity contribution < 1.29 is 9.53 Å². The van der Waals surface area contributed by atoms with Crippen molar-refractivity contribution in [2.45, 2.75) is 33.9 Å². The zero-order chi connectivity index (χ0) is 21.8. The second-order valence-corrected chi connectivity index (χ2v) is 8.58. The van der Waals surface area contributed by atoms with Gasteiger partial charge in [-0.2, -0.15) is 5.10 Å². The molecule has 0 unspecified atom stereocenters. The predicted molar refractivity (Wildman–Crippen MR) is 125 cm³/mol. The Bertz CT molecular complexity index is 1190. The molecule has 1 N–H and O–H groups in total. The highest BCUT2D eigenvalue weighted by Crippen LogP contribution is 2.23. The molecule has 158 valence electrons.